The SMILES string of the molecule is O=C(NCC1CCOc2ccccc21)c1cccc(Cl)c1. The van der Waals surface area contributed by atoms with Gasteiger partial charge < -0.3 is 10.1 Å². The van der Waals surface area contributed by atoms with Gasteiger partial charge in [0, 0.05) is 23.0 Å². The molecule has 3 nitrogen and oxygen atoms in total. The number of carbonyl (C=O) groups excluding carboxylic acids is 1. The summed E-state index contributed by atoms with van der Waals surface area (Å²) in [6.45, 7) is 1.29. The van der Waals surface area contributed by atoms with Crippen molar-refractivity contribution in [3.05, 3.63) is 64.7 Å². The molecule has 21 heavy (non-hydrogen) atoms. The quantitative estimate of drug-likeness (QED) is 0.940. The van der Waals surface area contributed by atoms with E-state index in [1.54, 1.807) is 24.3 Å². The van der Waals surface area contributed by atoms with E-state index < -0.39 is 0 Å². The Kier molecular flexibility index (Phi) is 4.11. The number of ether oxygens (including phenoxy) is 1. The zero-order valence-electron chi connectivity index (χ0n) is 11.5. The standard InChI is InChI=1S/C17H16ClNO2/c18-14-5-3-4-12(10-14)17(20)19-11-13-8-9-21-16-7-2-1-6-15(13)16/h1-7,10,13H,8-9,11H2,(H,19,20). The number of amides is 1. The van der Waals surface area contributed by atoms with Crippen LogP contribution in [0.1, 0.15) is 28.3 Å². The Bertz CT molecular complexity index is 657. The molecule has 0 aliphatic carbocycles. The molecule has 1 N–H and O–H groups in total. The van der Waals surface area contributed by atoms with Gasteiger partial charge in [0.25, 0.3) is 5.91 Å². The zero-order chi connectivity index (χ0) is 14.7. The molecule has 1 aliphatic heterocycles. The van der Waals surface area contributed by atoms with Gasteiger partial charge in [-0.2, -0.15) is 0 Å². The van der Waals surface area contributed by atoms with Gasteiger partial charge in [-0.25, -0.2) is 0 Å². The van der Waals surface area contributed by atoms with Crippen LogP contribution in [0.5, 0.6) is 5.75 Å². The molecule has 2 aromatic rings. The Hall–Kier alpha value is -2.00. The summed E-state index contributed by atoms with van der Waals surface area (Å²) < 4.78 is 5.63. The van der Waals surface area contributed by atoms with Crippen molar-refractivity contribution >= 4 is 17.5 Å². The number of nitrogens with one attached hydrogen (secondary N) is 1. The van der Waals surface area contributed by atoms with Crippen LogP contribution < -0.4 is 10.1 Å². The van der Waals surface area contributed by atoms with Gasteiger partial charge in [0.05, 0.1) is 6.61 Å². The van der Waals surface area contributed by atoms with Crippen molar-refractivity contribution in [2.24, 2.45) is 0 Å². The second-order valence-corrected chi connectivity index (χ2v) is 5.53. The smallest absolute Gasteiger partial charge is 0.251 e. The van der Waals surface area contributed by atoms with Gasteiger partial charge in [-0.3, -0.25) is 4.79 Å². The third-order valence-electron chi connectivity index (χ3n) is 3.68. The van der Waals surface area contributed by atoms with E-state index in [2.05, 4.69) is 11.4 Å². The monoisotopic (exact) mass is 301 g/mol. The van der Waals surface area contributed by atoms with Crippen LogP contribution in [0, 0.1) is 0 Å². The van der Waals surface area contributed by atoms with Gasteiger partial charge in [0.2, 0.25) is 0 Å². The van der Waals surface area contributed by atoms with Gasteiger partial charge in [0.15, 0.2) is 0 Å². The summed E-state index contributed by atoms with van der Waals surface area (Å²) in [6, 6.07) is 15.0. The maximum Gasteiger partial charge on any atom is 0.251 e. The van der Waals surface area contributed by atoms with Crippen molar-refractivity contribution in [3.63, 3.8) is 0 Å². The van der Waals surface area contributed by atoms with E-state index in [4.69, 9.17) is 16.3 Å². The van der Waals surface area contributed by atoms with Crippen molar-refractivity contribution in [1.82, 2.24) is 5.32 Å². The zero-order valence-corrected chi connectivity index (χ0v) is 12.3. The fourth-order valence-electron chi connectivity index (χ4n) is 2.58. The van der Waals surface area contributed by atoms with Gasteiger partial charge >= 0.3 is 0 Å². The molecule has 0 spiro atoms. The predicted molar refractivity (Wildman–Crippen MR) is 83.1 cm³/mol. The Morgan fingerprint density at radius 2 is 2.10 bits per heavy atom. The molecule has 0 saturated carbocycles. The Morgan fingerprint density at radius 3 is 2.95 bits per heavy atom. The Labute approximate surface area is 128 Å². The number of fused-ring (bicyclic) bond motifs is 1. The van der Waals surface area contributed by atoms with Crippen molar-refractivity contribution in [1.29, 1.82) is 0 Å². The second kappa shape index (κ2) is 6.19. The lowest BCUT2D eigenvalue weighted by atomic mass is 9.93. The van der Waals surface area contributed by atoms with Gasteiger partial charge in [-0.05, 0) is 36.2 Å². The molecule has 0 aromatic heterocycles. The molecule has 1 heterocycles. The van der Waals surface area contributed by atoms with Crippen LogP contribution in [0.25, 0.3) is 0 Å². The van der Waals surface area contributed by atoms with E-state index in [1.807, 2.05) is 18.2 Å². The lowest BCUT2D eigenvalue weighted by molar-refractivity contribution is 0.0948. The number of rotatable bonds is 3. The number of hydrogen-bond donors (Lipinski definition) is 1. The van der Waals surface area contributed by atoms with Crippen LogP contribution in [0.4, 0.5) is 0 Å². The van der Waals surface area contributed by atoms with E-state index in [9.17, 15) is 4.79 Å². The number of para-hydroxylation sites is 1. The highest BCUT2D eigenvalue weighted by molar-refractivity contribution is 6.30. The third kappa shape index (κ3) is 3.19. The summed E-state index contributed by atoms with van der Waals surface area (Å²) in [4.78, 5) is 12.2. The molecule has 4 heteroatoms. The van der Waals surface area contributed by atoms with E-state index in [0.29, 0.717) is 23.7 Å². The third-order valence-corrected chi connectivity index (χ3v) is 3.91. The second-order valence-electron chi connectivity index (χ2n) is 5.09. The predicted octanol–water partition coefficient (Wildman–Crippen LogP) is 3.64. The molecular formula is C17H16ClNO2. The number of halogens is 1. The molecule has 1 atom stereocenters. The highest BCUT2D eigenvalue weighted by atomic mass is 35.5. The summed E-state index contributed by atoms with van der Waals surface area (Å²) >= 11 is 5.91. The van der Waals surface area contributed by atoms with E-state index in [1.165, 1.54) is 0 Å². The molecule has 0 radical (unpaired) electrons. The van der Waals surface area contributed by atoms with E-state index in [0.717, 1.165) is 17.7 Å². The minimum absolute atomic E-state index is 0.0959. The summed E-state index contributed by atoms with van der Waals surface area (Å²) in [6.07, 6.45) is 0.910. The van der Waals surface area contributed by atoms with Gasteiger partial charge in [0.1, 0.15) is 5.75 Å². The molecule has 1 unspecified atom stereocenters. The van der Waals surface area contributed by atoms with Crippen molar-refractivity contribution in [2.45, 2.75) is 12.3 Å². The van der Waals surface area contributed by atoms with Crippen LogP contribution in [0.3, 0.4) is 0 Å². The molecule has 3 rings (SSSR count). The lowest BCUT2D eigenvalue weighted by Gasteiger charge is -2.26. The van der Waals surface area contributed by atoms with Crippen LogP contribution in [0.2, 0.25) is 5.02 Å². The Morgan fingerprint density at radius 1 is 1.24 bits per heavy atom. The molecule has 0 bridgehead atoms. The van der Waals surface area contributed by atoms with Crippen molar-refractivity contribution in [2.75, 3.05) is 13.2 Å². The normalized spacial score (nSPS) is 16.7. The first kappa shape index (κ1) is 14.0. The average molecular weight is 302 g/mol. The largest absolute Gasteiger partial charge is 0.493 e. The summed E-state index contributed by atoms with van der Waals surface area (Å²) in [5, 5.41) is 3.55. The highest BCUT2D eigenvalue weighted by Crippen LogP contribution is 2.32. The molecule has 2 aromatic carbocycles. The molecule has 0 saturated heterocycles. The molecule has 1 aliphatic rings. The minimum Gasteiger partial charge on any atom is -0.493 e. The molecule has 108 valence electrons. The topological polar surface area (TPSA) is 38.3 Å². The van der Waals surface area contributed by atoms with E-state index in [-0.39, 0.29) is 11.8 Å². The maximum absolute atomic E-state index is 12.2. The fraction of sp³-hybridized carbons (Fsp3) is 0.235. The molecular weight excluding hydrogens is 286 g/mol. The van der Waals surface area contributed by atoms with Crippen LogP contribution in [-0.2, 0) is 0 Å². The van der Waals surface area contributed by atoms with Crippen molar-refractivity contribution < 1.29 is 9.53 Å². The minimum atomic E-state index is -0.0959. The molecule has 1 amide bonds. The van der Waals surface area contributed by atoms with E-state index >= 15 is 0 Å². The van der Waals surface area contributed by atoms with Crippen LogP contribution >= 0.6 is 11.6 Å². The lowest BCUT2D eigenvalue weighted by Crippen LogP contribution is -2.30. The number of benzene rings is 2. The number of hydrogen-bond acceptors (Lipinski definition) is 2. The first-order valence-corrected chi connectivity index (χ1v) is 7.37. The van der Waals surface area contributed by atoms with Crippen molar-refractivity contribution in [3.8, 4) is 5.75 Å². The van der Waals surface area contributed by atoms with Gasteiger partial charge in [-0.1, -0.05) is 35.9 Å². The maximum atomic E-state index is 12.2. The Balaban J connectivity index is 1.67. The highest BCUT2D eigenvalue weighted by Gasteiger charge is 2.21. The first-order valence-electron chi connectivity index (χ1n) is 6.99. The summed E-state index contributed by atoms with van der Waals surface area (Å²) in [5.74, 6) is 1.12. The fourth-order valence-corrected chi connectivity index (χ4v) is 2.77. The summed E-state index contributed by atoms with van der Waals surface area (Å²) in [5.41, 5.74) is 1.75. The van der Waals surface area contributed by atoms with Gasteiger partial charge in [-0.15, -0.1) is 0 Å². The molecule has 0 fully saturated rings. The first-order chi connectivity index (χ1) is 10.2. The average Bonchev–Trinajstić information content (AvgIpc) is 2.52. The number of carbonyl (C=O) groups is 1. The van der Waals surface area contributed by atoms with Crippen LogP contribution in [-0.4, -0.2) is 19.1 Å². The van der Waals surface area contributed by atoms with Crippen LogP contribution in [0.15, 0.2) is 48.5 Å². The summed E-state index contributed by atoms with van der Waals surface area (Å²) in [7, 11) is 0.